The minimum Gasteiger partial charge on any atom is -0.319 e. The Morgan fingerprint density at radius 1 is 1.09 bits per heavy atom. The summed E-state index contributed by atoms with van der Waals surface area (Å²) in [5.74, 6) is -2.81. The van der Waals surface area contributed by atoms with Gasteiger partial charge >= 0.3 is 18.4 Å². The number of hydrogen-bond donors (Lipinski definition) is 3. The zero-order valence-electron chi connectivity index (χ0n) is 17.7. The first-order chi connectivity index (χ1) is 15.7. The Balaban J connectivity index is 1.62. The van der Waals surface area contributed by atoms with Gasteiger partial charge in [0, 0.05) is 43.6 Å². The molecule has 1 aromatic heterocycles. The molecule has 176 valence electrons. The predicted octanol–water partition coefficient (Wildman–Crippen LogP) is 1.64. The van der Waals surface area contributed by atoms with Gasteiger partial charge in [-0.1, -0.05) is 0 Å². The van der Waals surface area contributed by atoms with E-state index in [4.69, 9.17) is 0 Å². The van der Waals surface area contributed by atoms with E-state index >= 15 is 0 Å². The molecule has 33 heavy (non-hydrogen) atoms. The summed E-state index contributed by atoms with van der Waals surface area (Å²) >= 11 is 0. The number of rotatable bonds is 5. The predicted molar refractivity (Wildman–Crippen MR) is 113 cm³/mol. The largest absolute Gasteiger partial charge is 0.322 e. The first-order valence-electron chi connectivity index (χ1n) is 10.1. The molecule has 0 spiro atoms. The molecule has 1 saturated heterocycles. The molecule has 12 heteroatoms. The summed E-state index contributed by atoms with van der Waals surface area (Å²) in [6.07, 6.45) is -1.58. The molecule has 2 aromatic rings. The third kappa shape index (κ3) is 6.65. The van der Waals surface area contributed by atoms with E-state index in [2.05, 4.69) is 15.2 Å². The molecule has 3 N–H and O–H groups in total. The van der Waals surface area contributed by atoms with Gasteiger partial charge < -0.3 is 15.1 Å². The van der Waals surface area contributed by atoms with Gasteiger partial charge in [-0.25, -0.2) is 9.18 Å². The van der Waals surface area contributed by atoms with E-state index in [-0.39, 0.29) is 17.6 Å². The van der Waals surface area contributed by atoms with Crippen molar-refractivity contribution in [2.24, 2.45) is 0 Å². The van der Waals surface area contributed by atoms with Crippen LogP contribution in [0.1, 0.15) is 16.1 Å². The van der Waals surface area contributed by atoms with Gasteiger partial charge in [0.2, 0.25) is 0 Å². The van der Waals surface area contributed by atoms with Crippen LogP contribution in [0.5, 0.6) is 0 Å². The van der Waals surface area contributed by atoms with E-state index in [1.54, 1.807) is 16.4 Å². The zero-order valence-corrected chi connectivity index (χ0v) is 17.7. The lowest BCUT2D eigenvalue weighted by Gasteiger charge is -2.40. The van der Waals surface area contributed by atoms with Crippen LogP contribution >= 0.6 is 0 Å². The highest BCUT2D eigenvalue weighted by molar-refractivity contribution is 5.95. The van der Waals surface area contributed by atoms with Crippen LogP contribution in [0.2, 0.25) is 0 Å². The van der Waals surface area contributed by atoms with Crippen LogP contribution in [-0.4, -0.2) is 71.8 Å². The standard InChI is InChI=1S/C21H23F3N6O3/c1-29-8-9-30(21(33)26-15-6-3-14(22)4-7-15)17(12-29)10-16-5-2-13(11-25-16)19(31)27-28-20(32)18(23)24/h2-7,11,17-18H,8-10,12H2,1H3,(H,26,33)(H,27,31)(H,28,32). The molecule has 1 aliphatic rings. The maximum atomic E-state index is 13.1. The highest BCUT2D eigenvalue weighted by Gasteiger charge is 2.29. The van der Waals surface area contributed by atoms with Crippen molar-refractivity contribution in [1.29, 1.82) is 0 Å². The molecule has 1 fully saturated rings. The molecule has 0 bridgehead atoms. The second-order valence-corrected chi connectivity index (χ2v) is 7.53. The second-order valence-electron chi connectivity index (χ2n) is 7.53. The van der Waals surface area contributed by atoms with Crippen molar-refractivity contribution in [2.75, 3.05) is 32.0 Å². The van der Waals surface area contributed by atoms with Gasteiger partial charge in [-0.2, -0.15) is 8.78 Å². The number of alkyl halides is 2. The number of carbonyl (C=O) groups is 3. The van der Waals surface area contributed by atoms with Crippen LogP contribution in [0.3, 0.4) is 0 Å². The minimum absolute atomic E-state index is 0.0694. The maximum absolute atomic E-state index is 13.1. The van der Waals surface area contributed by atoms with E-state index in [0.29, 0.717) is 37.4 Å². The molecular weight excluding hydrogens is 441 g/mol. The number of nitrogens with zero attached hydrogens (tertiary/aromatic N) is 3. The topological polar surface area (TPSA) is 107 Å². The molecule has 1 aliphatic heterocycles. The van der Waals surface area contributed by atoms with Gasteiger partial charge in [-0.15, -0.1) is 0 Å². The number of hydrogen-bond acceptors (Lipinski definition) is 5. The summed E-state index contributed by atoms with van der Waals surface area (Å²) in [6, 6.07) is 8.00. The second kappa shape index (κ2) is 10.8. The lowest BCUT2D eigenvalue weighted by Crippen LogP contribution is -2.56. The molecule has 1 unspecified atom stereocenters. The summed E-state index contributed by atoms with van der Waals surface area (Å²) in [6.45, 7) is 1.77. The number of pyridine rings is 1. The summed E-state index contributed by atoms with van der Waals surface area (Å²) < 4.78 is 37.5. The molecule has 0 radical (unpaired) electrons. The lowest BCUT2D eigenvalue weighted by atomic mass is 10.1. The number of urea groups is 1. The van der Waals surface area contributed by atoms with Crippen LogP contribution in [0.4, 0.5) is 23.7 Å². The van der Waals surface area contributed by atoms with Crippen molar-refractivity contribution in [3.05, 3.63) is 59.7 Å². The van der Waals surface area contributed by atoms with E-state index in [0.717, 1.165) is 0 Å². The van der Waals surface area contributed by atoms with Crippen LogP contribution in [0, 0.1) is 5.82 Å². The first kappa shape index (κ1) is 24.0. The Hall–Kier alpha value is -3.67. The monoisotopic (exact) mass is 464 g/mol. The third-order valence-corrected chi connectivity index (χ3v) is 5.07. The Morgan fingerprint density at radius 2 is 1.82 bits per heavy atom. The highest BCUT2D eigenvalue weighted by atomic mass is 19.3. The van der Waals surface area contributed by atoms with Gasteiger partial charge in [-0.05, 0) is 43.4 Å². The summed E-state index contributed by atoms with van der Waals surface area (Å²) in [5.41, 5.74) is 4.66. The number of piperazine rings is 1. The maximum Gasteiger partial charge on any atom is 0.322 e. The van der Waals surface area contributed by atoms with Crippen molar-refractivity contribution in [1.82, 2.24) is 25.6 Å². The number of hydrazine groups is 1. The molecule has 4 amide bonds. The number of benzene rings is 1. The number of halogens is 3. The highest BCUT2D eigenvalue weighted by Crippen LogP contribution is 2.16. The Morgan fingerprint density at radius 3 is 2.45 bits per heavy atom. The summed E-state index contributed by atoms with van der Waals surface area (Å²) in [4.78, 5) is 43.6. The number of amides is 4. The minimum atomic E-state index is -3.25. The normalized spacial score (nSPS) is 16.4. The quantitative estimate of drug-likeness (QED) is 0.584. The zero-order chi connectivity index (χ0) is 24.0. The van der Waals surface area contributed by atoms with E-state index in [9.17, 15) is 27.6 Å². The van der Waals surface area contributed by atoms with E-state index in [1.807, 2.05) is 12.5 Å². The molecule has 2 heterocycles. The number of nitrogens with one attached hydrogen (secondary N) is 3. The fourth-order valence-electron chi connectivity index (χ4n) is 3.35. The Labute approximate surface area is 187 Å². The number of likely N-dealkylation sites (N-methyl/N-ethyl adjacent to an activating group) is 1. The first-order valence-corrected chi connectivity index (χ1v) is 10.1. The molecule has 9 nitrogen and oxygen atoms in total. The summed E-state index contributed by atoms with van der Waals surface area (Å²) in [7, 11) is 1.94. The van der Waals surface area contributed by atoms with Gasteiger partial charge in [0.25, 0.3) is 5.91 Å². The lowest BCUT2D eigenvalue weighted by molar-refractivity contribution is -0.132. The average Bonchev–Trinajstić information content (AvgIpc) is 2.79. The third-order valence-electron chi connectivity index (χ3n) is 5.07. The van der Waals surface area contributed by atoms with Gasteiger partial charge in [0.05, 0.1) is 11.6 Å². The summed E-state index contributed by atoms with van der Waals surface area (Å²) in [5, 5.41) is 2.77. The van der Waals surface area contributed by atoms with Gasteiger partial charge in [-0.3, -0.25) is 25.4 Å². The smallest absolute Gasteiger partial charge is 0.319 e. The van der Waals surface area contributed by atoms with E-state index < -0.39 is 24.1 Å². The van der Waals surface area contributed by atoms with Gasteiger partial charge in [0.1, 0.15) is 5.82 Å². The molecular formula is C21H23F3N6O3. The van der Waals surface area contributed by atoms with Crippen LogP contribution < -0.4 is 16.2 Å². The molecule has 1 aromatic carbocycles. The van der Waals surface area contributed by atoms with Crippen molar-refractivity contribution in [2.45, 2.75) is 18.9 Å². The number of anilines is 1. The fraction of sp³-hybridized carbons (Fsp3) is 0.333. The van der Waals surface area contributed by atoms with Crippen molar-refractivity contribution in [3.8, 4) is 0 Å². The van der Waals surface area contributed by atoms with Crippen molar-refractivity contribution in [3.63, 3.8) is 0 Å². The van der Waals surface area contributed by atoms with Crippen LogP contribution in [0.25, 0.3) is 0 Å². The molecule has 1 atom stereocenters. The Bertz CT molecular complexity index is 988. The SMILES string of the molecule is CN1CCN(C(=O)Nc2ccc(F)cc2)C(Cc2ccc(C(=O)NNC(=O)C(F)F)cn2)C1. The van der Waals surface area contributed by atoms with E-state index in [1.165, 1.54) is 36.5 Å². The molecule has 0 aliphatic carbocycles. The Kier molecular flexibility index (Phi) is 7.83. The number of carbonyl (C=O) groups excluding carboxylic acids is 3. The van der Waals surface area contributed by atoms with Crippen LogP contribution in [-0.2, 0) is 11.2 Å². The molecule has 0 saturated carbocycles. The number of aromatic nitrogens is 1. The van der Waals surface area contributed by atoms with Gasteiger partial charge in [0.15, 0.2) is 0 Å². The average molecular weight is 464 g/mol. The van der Waals surface area contributed by atoms with Crippen molar-refractivity contribution < 1.29 is 27.6 Å². The fourth-order valence-corrected chi connectivity index (χ4v) is 3.35. The van der Waals surface area contributed by atoms with Crippen molar-refractivity contribution >= 4 is 23.5 Å². The molecule has 3 rings (SSSR count). The van der Waals surface area contributed by atoms with Crippen LogP contribution in [0.15, 0.2) is 42.6 Å².